The average Bonchev–Trinajstić information content (AvgIpc) is 3.03. The third-order valence-electron chi connectivity index (χ3n) is 5.27. The third-order valence-corrected chi connectivity index (χ3v) is 5.66. The Morgan fingerprint density at radius 2 is 1.75 bits per heavy atom. The van der Waals surface area contributed by atoms with E-state index in [0.29, 0.717) is 18.0 Å². The molecule has 3 aromatic rings. The van der Waals surface area contributed by atoms with E-state index >= 15 is 0 Å². The van der Waals surface area contributed by atoms with Gasteiger partial charge in [0.1, 0.15) is 16.5 Å². The minimum atomic E-state index is -0.809. The lowest BCUT2D eigenvalue weighted by Crippen LogP contribution is -2.47. The highest BCUT2D eigenvalue weighted by atomic mass is 35.5. The third kappa shape index (κ3) is 5.29. The quantitative estimate of drug-likeness (QED) is 0.550. The van der Waals surface area contributed by atoms with Crippen LogP contribution in [0.3, 0.4) is 0 Å². The van der Waals surface area contributed by atoms with Crippen molar-refractivity contribution < 1.29 is 14.3 Å². The van der Waals surface area contributed by atoms with Crippen molar-refractivity contribution in [1.29, 1.82) is 0 Å². The molecule has 0 bridgehead atoms. The maximum atomic E-state index is 12.7. The SMILES string of the molecule is Cc1ccc(Cn2nc(C)c(C(=O)NNC(=O)C(C)Oc3cccc(C)c3C)c2Cl)cc1. The molecule has 0 radical (unpaired) electrons. The van der Waals surface area contributed by atoms with Crippen LogP contribution in [0.2, 0.25) is 5.15 Å². The fourth-order valence-corrected chi connectivity index (χ4v) is 3.48. The average molecular weight is 455 g/mol. The van der Waals surface area contributed by atoms with Gasteiger partial charge < -0.3 is 4.74 Å². The van der Waals surface area contributed by atoms with E-state index in [0.717, 1.165) is 22.3 Å². The van der Waals surface area contributed by atoms with E-state index in [1.165, 1.54) is 0 Å². The number of hydrogen-bond acceptors (Lipinski definition) is 4. The number of rotatable bonds is 6. The molecule has 0 fully saturated rings. The lowest BCUT2D eigenvalue weighted by Gasteiger charge is -2.17. The predicted molar refractivity (Wildman–Crippen MR) is 124 cm³/mol. The van der Waals surface area contributed by atoms with Crippen LogP contribution < -0.4 is 15.6 Å². The van der Waals surface area contributed by atoms with E-state index in [2.05, 4.69) is 16.0 Å². The van der Waals surface area contributed by atoms with Crippen LogP contribution in [0.1, 0.15) is 45.2 Å². The lowest BCUT2D eigenvalue weighted by atomic mass is 10.1. The minimum Gasteiger partial charge on any atom is -0.481 e. The molecule has 8 heteroatoms. The monoisotopic (exact) mass is 454 g/mol. The summed E-state index contributed by atoms with van der Waals surface area (Å²) in [6.45, 7) is 9.65. The number of amides is 2. The first-order chi connectivity index (χ1) is 15.2. The summed E-state index contributed by atoms with van der Waals surface area (Å²) in [6, 6.07) is 13.6. The molecule has 0 aliphatic rings. The molecule has 0 aliphatic heterocycles. The van der Waals surface area contributed by atoms with E-state index in [-0.39, 0.29) is 10.7 Å². The van der Waals surface area contributed by atoms with Gasteiger partial charge >= 0.3 is 0 Å². The molecule has 1 unspecified atom stereocenters. The van der Waals surface area contributed by atoms with Crippen LogP contribution in [0.5, 0.6) is 5.75 Å². The number of carbonyl (C=O) groups excluding carboxylic acids is 2. The van der Waals surface area contributed by atoms with Gasteiger partial charge in [-0.2, -0.15) is 5.10 Å². The maximum absolute atomic E-state index is 12.7. The second-order valence-electron chi connectivity index (χ2n) is 7.80. The maximum Gasteiger partial charge on any atom is 0.279 e. The molecule has 0 saturated heterocycles. The second-order valence-corrected chi connectivity index (χ2v) is 8.15. The fraction of sp³-hybridized carbons (Fsp3) is 0.292. The van der Waals surface area contributed by atoms with E-state index < -0.39 is 17.9 Å². The molecule has 0 spiro atoms. The van der Waals surface area contributed by atoms with Crippen molar-refractivity contribution in [2.24, 2.45) is 0 Å². The summed E-state index contributed by atoms with van der Waals surface area (Å²) in [5.74, 6) is -0.412. The van der Waals surface area contributed by atoms with Crippen molar-refractivity contribution in [2.75, 3.05) is 0 Å². The highest BCUT2D eigenvalue weighted by Crippen LogP contribution is 2.22. The first-order valence-corrected chi connectivity index (χ1v) is 10.7. The number of aromatic nitrogens is 2. The van der Waals surface area contributed by atoms with E-state index in [1.54, 1.807) is 24.6 Å². The number of aryl methyl sites for hydroxylation is 3. The summed E-state index contributed by atoms with van der Waals surface area (Å²) in [5, 5.41) is 4.57. The second kappa shape index (κ2) is 9.87. The Morgan fingerprint density at radius 1 is 1.06 bits per heavy atom. The number of halogens is 1. The molecule has 1 heterocycles. The lowest BCUT2D eigenvalue weighted by molar-refractivity contribution is -0.128. The van der Waals surface area contributed by atoms with Crippen LogP contribution in [-0.2, 0) is 11.3 Å². The van der Waals surface area contributed by atoms with Crippen LogP contribution in [-0.4, -0.2) is 27.7 Å². The smallest absolute Gasteiger partial charge is 0.279 e. The van der Waals surface area contributed by atoms with Crippen LogP contribution in [0.25, 0.3) is 0 Å². The van der Waals surface area contributed by atoms with Gasteiger partial charge in [0.05, 0.1) is 12.2 Å². The zero-order chi connectivity index (χ0) is 23.4. The molecule has 2 N–H and O–H groups in total. The van der Waals surface area contributed by atoms with Gasteiger partial charge in [0.2, 0.25) is 0 Å². The molecule has 1 aromatic heterocycles. The summed E-state index contributed by atoms with van der Waals surface area (Å²) in [6.07, 6.45) is -0.809. The Kier molecular flexibility index (Phi) is 7.20. The number of ether oxygens (including phenoxy) is 1. The van der Waals surface area contributed by atoms with Crippen LogP contribution >= 0.6 is 11.6 Å². The molecule has 0 aliphatic carbocycles. The molecular formula is C24H27ClN4O3. The summed E-state index contributed by atoms with van der Waals surface area (Å²) in [4.78, 5) is 25.1. The normalized spacial score (nSPS) is 11.7. The molecule has 32 heavy (non-hydrogen) atoms. The summed E-state index contributed by atoms with van der Waals surface area (Å²) < 4.78 is 7.31. The number of hydrazine groups is 1. The van der Waals surface area contributed by atoms with Crippen LogP contribution in [0.15, 0.2) is 42.5 Å². The van der Waals surface area contributed by atoms with Gasteiger partial charge in [0.15, 0.2) is 6.10 Å². The van der Waals surface area contributed by atoms with Crippen molar-refractivity contribution in [3.05, 3.63) is 81.1 Å². The van der Waals surface area contributed by atoms with E-state index in [1.807, 2.05) is 57.2 Å². The van der Waals surface area contributed by atoms with Gasteiger partial charge in [-0.15, -0.1) is 0 Å². The van der Waals surface area contributed by atoms with Crippen molar-refractivity contribution in [1.82, 2.24) is 20.6 Å². The largest absolute Gasteiger partial charge is 0.481 e. The molecule has 3 rings (SSSR count). The Balaban J connectivity index is 1.63. The number of benzene rings is 2. The van der Waals surface area contributed by atoms with E-state index in [9.17, 15) is 9.59 Å². The topological polar surface area (TPSA) is 85.3 Å². The predicted octanol–water partition coefficient (Wildman–Crippen LogP) is 4.05. The van der Waals surface area contributed by atoms with Gasteiger partial charge in [0.25, 0.3) is 11.8 Å². The minimum absolute atomic E-state index is 0.203. The molecule has 0 saturated carbocycles. The van der Waals surface area contributed by atoms with Gasteiger partial charge in [-0.3, -0.25) is 20.4 Å². The highest BCUT2D eigenvalue weighted by molar-refractivity contribution is 6.33. The molecule has 2 amide bonds. The number of nitrogens with one attached hydrogen (secondary N) is 2. The first kappa shape index (κ1) is 23.3. The van der Waals surface area contributed by atoms with Gasteiger partial charge in [-0.25, -0.2) is 4.68 Å². The van der Waals surface area contributed by atoms with Crippen molar-refractivity contribution in [3.8, 4) is 5.75 Å². The summed E-state index contributed by atoms with van der Waals surface area (Å²) >= 11 is 6.43. The van der Waals surface area contributed by atoms with Crippen LogP contribution in [0.4, 0.5) is 0 Å². The Morgan fingerprint density at radius 3 is 2.44 bits per heavy atom. The molecule has 1 atom stereocenters. The zero-order valence-electron chi connectivity index (χ0n) is 18.8. The summed E-state index contributed by atoms with van der Waals surface area (Å²) in [7, 11) is 0. The van der Waals surface area contributed by atoms with Crippen LogP contribution in [0, 0.1) is 27.7 Å². The van der Waals surface area contributed by atoms with Crippen molar-refractivity contribution in [3.63, 3.8) is 0 Å². The van der Waals surface area contributed by atoms with Gasteiger partial charge in [0, 0.05) is 0 Å². The van der Waals surface area contributed by atoms with E-state index in [4.69, 9.17) is 16.3 Å². The zero-order valence-corrected chi connectivity index (χ0v) is 19.6. The molecule has 168 valence electrons. The van der Waals surface area contributed by atoms with Crippen molar-refractivity contribution >= 4 is 23.4 Å². The standard InChI is InChI=1S/C24H27ClN4O3/c1-14-9-11-19(12-10-14)13-29-22(25)21(17(4)28-29)24(31)27-26-23(30)18(5)32-20-8-6-7-15(2)16(20)3/h6-12,18H,13H2,1-5H3,(H,26,30)(H,27,31). The molecule has 7 nitrogen and oxygen atoms in total. The summed E-state index contributed by atoms with van der Waals surface area (Å²) in [5.41, 5.74) is 9.66. The fourth-order valence-electron chi connectivity index (χ4n) is 3.16. The van der Waals surface area contributed by atoms with Gasteiger partial charge in [-0.05, 0) is 57.4 Å². The Labute approximate surface area is 192 Å². The number of carbonyl (C=O) groups is 2. The van der Waals surface area contributed by atoms with Crippen molar-refractivity contribution in [2.45, 2.75) is 47.3 Å². The van der Waals surface area contributed by atoms with Gasteiger partial charge in [-0.1, -0.05) is 53.6 Å². The molecule has 2 aromatic carbocycles. The number of hydrogen-bond donors (Lipinski definition) is 2. The molecular weight excluding hydrogens is 428 g/mol. The number of nitrogens with zero attached hydrogens (tertiary/aromatic N) is 2. The Hall–Kier alpha value is -3.32. The first-order valence-electron chi connectivity index (χ1n) is 10.3. The highest BCUT2D eigenvalue weighted by Gasteiger charge is 2.22. The Bertz CT molecular complexity index is 1140.